The van der Waals surface area contributed by atoms with Crippen LogP contribution in [0.3, 0.4) is 0 Å². The molecule has 168 valence electrons. The van der Waals surface area contributed by atoms with Gasteiger partial charge in [0, 0.05) is 6.04 Å². The van der Waals surface area contributed by atoms with Crippen LogP contribution in [0.25, 0.3) is 0 Å². The zero-order chi connectivity index (χ0) is 23.2. The zero-order valence-corrected chi connectivity index (χ0v) is 19.1. The van der Waals surface area contributed by atoms with Crippen molar-refractivity contribution < 1.29 is 9.59 Å². The highest BCUT2D eigenvalue weighted by Crippen LogP contribution is 2.32. The number of nitrogens with zero attached hydrogens (tertiary/aromatic N) is 2. The summed E-state index contributed by atoms with van der Waals surface area (Å²) in [5.41, 5.74) is 5.40. The number of hydrogen-bond donors (Lipinski definition) is 1. The molecule has 0 aliphatic carbocycles. The molecule has 3 aromatic carbocycles. The fraction of sp³-hybridized carbons (Fsp3) is 0.250. The number of anilines is 1. The van der Waals surface area contributed by atoms with Gasteiger partial charge in [-0.1, -0.05) is 72.3 Å². The lowest BCUT2D eigenvalue weighted by Gasteiger charge is -2.23. The number of amides is 2. The summed E-state index contributed by atoms with van der Waals surface area (Å²) < 4.78 is 0. The maximum Gasteiger partial charge on any atom is 0.240 e. The van der Waals surface area contributed by atoms with Crippen LogP contribution in [-0.4, -0.2) is 30.1 Å². The highest BCUT2D eigenvalue weighted by atomic mass is 16.2. The summed E-state index contributed by atoms with van der Waals surface area (Å²) in [6.45, 7) is 4.00. The summed E-state index contributed by atoms with van der Waals surface area (Å²) in [6.07, 6.45) is 1.87. The lowest BCUT2D eigenvalue weighted by molar-refractivity contribution is -0.123. The molecule has 5 nitrogen and oxygen atoms in total. The smallest absolute Gasteiger partial charge is 0.240 e. The fourth-order valence-corrected chi connectivity index (χ4v) is 3.99. The van der Waals surface area contributed by atoms with E-state index in [-0.39, 0.29) is 30.8 Å². The van der Waals surface area contributed by atoms with Crippen molar-refractivity contribution in [2.75, 3.05) is 11.4 Å². The van der Waals surface area contributed by atoms with Crippen LogP contribution in [0, 0.1) is 6.92 Å². The van der Waals surface area contributed by atoms with Gasteiger partial charge in [0.2, 0.25) is 11.8 Å². The van der Waals surface area contributed by atoms with E-state index in [1.165, 1.54) is 5.56 Å². The third-order valence-electron chi connectivity index (χ3n) is 5.85. The Hall–Kier alpha value is -3.73. The highest BCUT2D eigenvalue weighted by molar-refractivity contribution is 6.18. The molecule has 0 unspecified atom stereocenters. The third-order valence-corrected chi connectivity index (χ3v) is 5.85. The van der Waals surface area contributed by atoms with E-state index < -0.39 is 0 Å². The third kappa shape index (κ3) is 5.75. The number of fused-ring (bicyclic) bond motifs is 1. The first kappa shape index (κ1) is 22.5. The molecule has 5 heteroatoms. The lowest BCUT2D eigenvalue weighted by atomic mass is 10.1. The van der Waals surface area contributed by atoms with Gasteiger partial charge in [-0.25, -0.2) is 0 Å². The van der Waals surface area contributed by atoms with Gasteiger partial charge in [0.15, 0.2) is 0 Å². The normalized spacial score (nSPS) is 14.2. The van der Waals surface area contributed by atoms with Crippen LogP contribution in [-0.2, 0) is 16.0 Å². The Bertz CT molecular complexity index is 1150. The van der Waals surface area contributed by atoms with Gasteiger partial charge in [-0.3, -0.25) is 14.6 Å². The number of para-hydroxylation sites is 2. The van der Waals surface area contributed by atoms with Crippen molar-refractivity contribution in [1.82, 2.24) is 5.32 Å². The van der Waals surface area contributed by atoms with E-state index in [2.05, 4.69) is 17.4 Å². The van der Waals surface area contributed by atoms with E-state index in [4.69, 9.17) is 4.99 Å². The van der Waals surface area contributed by atoms with Crippen molar-refractivity contribution in [3.63, 3.8) is 0 Å². The van der Waals surface area contributed by atoms with E-state index in [0.717, 1.165) is 24.0 Å². The minimum Gasteiger partial charge on any atom is -0.352 e. The maximum atomic E-state index is 13.2. The Labute approximate surface area is 195 Å². The maximum absolute atomic E-state index is 13.2. The average Bonchev–Trinajstić information content (AvgIpc) is 2.95. The van der Waals surface area contributed by atoms with Gasteiger partial charge >= 0.3 is 0 Å². The van der Waals surface area contributed by atoms with Crippen molar-refractivity contribution >= 4 is 28.9 Å². The van der Waals surface area contributed by atoms with Crippen LogP contribution in [0.1, 0.15) is 36.5 Å². The molecule has 0 saturated heterocycles. The molecule has 33 heavy (non-hydrogen) atoms. The molecule has 0 spiro atoms. The molecule has 0 radical (unpaired) electrons. The van der Waals surface area contributed by atoms with Gasteiger partial charge in [-0.05, 0) is 49.9 Å². The first-order valence-corrected chi connectivity index (χ1v) is 11.4. The van der Waals surface area contributed by atoms with Crippen molar-refractivity contribution in [3.05, 3.63) is 95.6 Å². The number of carbonyl (C=O) groups excluding carboxylic acids is 2. The Morgan fingerprint density at radius 2 is 1.70 bits per heavy atom. The van der Waals surface area contributed by atoms with Crippen molar-refractivity contribution in [2.24, 2.45) is 4.99 Å². The van der Waals surface area contributed by atoms with Crippen molar-refractivity contribution in [3.8, 4) is 0 Å². The van der Waals surface area contributed by atoms with E-state index in [0.29, 0.717) is 17.1 Å². The number of carbonyl (C=O) groups is 2. The van der Waals surface area contributed by atoms with Gasteiger partial charge in [0.1, 0.15) is 6.54 Å². The van der Waals surface area contributed by atoms with E-state index in [1.54, 1.807) is 4.90 Å². The molecule has 1 atom stereocenters. The van der Waals surface area contributed by atoms with Crippen LogP contribution in [0.15, 0.2) is 83.9 Å². The SMILES string of the molecule is Cc1ccc(C2=Nc3ccccc3N(CC(=O)N[C@@H](C)CCc3ccccc3)C(=O)C2)cc1. The molecule has 0 saturated carbocycles. The summed E-state index contributed by atoms with van der Waals surface area (Å²) in [4.78, 5) is 32.4. The van der Waals surface area contributed by atoms with Crippen LogP contribution >= 0.6 is 0 Å². The lowest BCUT2D eigenvalue weighted by Crippen LogP contribution is -2.43. The van der Waals surface area contributed by atoms with E-state index in [1.807, 2.05) is 80.6 Å². The predicted octanol–water partition coefficient (Wildman–Crippen LogP) is 4.99. The molecule has 4 rings (SSSR count). The quantitative estimate of drug-likeness (QED) is 0.564. The second-order valence-electron chi connectivity index (χ2n) is 8.56. The molecule has 0 aromatic heterocycles. The highest BCUT2D eigenvalue weighted by Gasteiger charge is 2.26. The topological polar surface area (TPSA) is 61.8 Å². The zero-order valence-electron chi connectivity index (χ0n) is 19.1. The molecule has 1 aliphatic heterocycles. The van der Waals surface area contributed by atoms with E-state index in [9.17, 15) is 9.59 Å². The standard InChI is InChI=1S/C28H29N3O2/c1-20-12-16-23(17-13-20)25-18-28(33)31(26-11-7-6-10-24(26)30-25)19-27(32)29-21(2)14-15-22-8-4-3-5-9-22/h3-13,16-17,21H,14-15,18-19H2,1-2H3,(H,29,32)/t21-/m0/s1. The molecule has 2 amide bonds. The Morgan fingerprint density at radius 3 is 2.45 bits per heavy atom. The summed E-state index contributed by atoms with van der Waals surface area (Å²) in [5.74, 6) is -0.302. The van der Waals surface area contributed by atoms with Crippen LogP contribution in [0.5, 0.6) is 0 Å². The Morgan fingerprint density at radius 1 is 1.00 bits per heavy atom. The van der Waals surface area contributed by atoms with Gasteiger partial charge in [-0.2, -0.15) is 0 Å². The first-order valence-electron chi connectivity index (χ1n) is 11.4. The van der Waals surface area contributed by atoms with Crippen LogP contribution in [0.4, 0.5) is 11.4 Å². The summed E-state index contributed by atoms with van der Waals surface area (Å²) in [6, 6.07) is 25.7. The number of nitrogens with one attached hydrogen (secondary N) is 1. The molecule has 0 bridgehead atoms. The molecule has 1 heterocycles. The second-order valence-corrected chi connectivity index (χ2v) is 8.56. The van der Waals surface area contributed by atoms with Crippen molar-refractivity contribution in [1.29, 1.82) is 0 Å². The number of benzene rings is 3. The van der Waals surface area contributed by atoms with Gasteiger partial charge in [0.05, 0.1) is 23.5 Å². The molecule has 1 aliphatic rings. The number of aryl methyl sites for hydroxylation is 2. The molecular weight excluding hydrogens is 410 g/mol. The Balaban J connectivity index is 1.45. The van der Waals surface area contributed by atoms with Gasteiger partial charge in [-0.15, -0.1) is 0 Å². The average molecular weight is 440 g/mol. The number of hydrogen-bond acceptors (Lipinski definition) is 3. The molecule has 0 fully saturated rings. The minimum atomic E-state index is -0.169. The van der Waals surface area contributed by atoms with Gasteiger partial charge < -0.3 is 10.2 Å². The summed E-state index contributed by atoms with van der Waals surface area (Å²) >= 11 is 0. The van der Waals surface area contributed by atoms with Crippen LogP contribution in [0.2, 0.25) is 0 Å². The fourth-order valence-electron chi connectivity index (χ4n) is 3.99. The van der Waals surface area contributed by atoms with E-state index >= 15 is 0 Å². The largest absolute Gasteiger partial charge is 0.352 e. The Kier molecular flexibility index (Phi) is 6.98. The molecule has 1 N–H and O–H groups in total. The predicted molar refractivity (Wildman–Crippen MR) is 133 cm³/mol. The van der Waals surface area contributed by atoms with Crippen molar-refractivity contribution in [2.45, 2.75) is 39.2 Å². The first-order chi connectivity index (χ1) is 16.0. The minimum absolute atomic E-state index is 0.00870. The van der Waals surface area contributed by atoms with Gasteiger partial charge in [0.25, 0.3) is 0 Å². The van der Waals surface area contributed by atoms with Crippen LogP contribution < -0.4 is 10.2 Å². The summed E-state index contributed by atoms with van der Waals surface area (Å²) in [5, 5.41) is 3.05. The monoisotopic (exact) mass is 439 g/mol. The number of aliphatic imine (C=N–C) groups is 1. The second kappa shape index (κ2) is 10.3. The molecule has 3 aromatic rings. The molecular formula is C28H29N3O2. The number of rotatable bonds is 7. The summed E-state index contributed by atoms with van der Waals surface area (Å²) in [7, 11) is 0.